The summed E-state index contributed by atoms with van der Waals surface area (Å²) in [6.07, 6.45) is 0.878. The van der Waals surface area contributed by atoms with Crippen molar-refractivity contribution in [3.8, 4) is 0 Å². The van der Waals surface area contributed by atoms with Crippen molar-refractivity contribution in [2.45, 2.75) is 39.9 Å². The van der Waals surface area contributed by atoms with Crippen molar-refractivity contribution in [3.05, 3.63) is 17.6 Å². The fourth-order valence-corrected chi connectivity index (χ4v) is 2.47. The molecule has 2 rings (SSSR count). The van der Waals surface area contributed by atoms with Gasteiger partial charge in [-0.25, -0.2) is 9.97 Å². The highest BCUT2D eigenvalue weighted by Gasteiger charge is 2.32. The summed E-state index contributed by atoms with van der Waals surface area (Å²) in [6, 6.07) is 1.96. The van der Waals surface area contributed by atoms with Gasteiger partial charge in [-0.15, -0.1) is 0 Å². The summed E-state index contributed by atoms with van der Waals surface area (Å²) in [4.78, 5) is 8.63. The number of anilines is 1. The standard InChI is InChI=1S/C14H23N3O2/c1-10(8-14(4)18-5-6-19-14)9-15-13-7-11(2)16-12(3)17-13/h7,10H,5-6,8-9H2,1-4H3,(H,15,16,17). The molecular formula is C14H23N3O2. The van der Waals surface area contributed by atoms with Gasteiger partial charge in [-0.05, 0) is 26.7 Å². The summed E-state index contributed by atoms with van der Waals surface area (Å²) in [7, 11) is 0. The molecule has 1 saturated heterocycles. The quantitative estimate of drug-likeness (QED) is 0.885. The predicted molar refractivity (Wildman–Crippen MR) is 74.1 cm³/mol. The fourth-order valence-electron chi connectivity index (χ4n) is 2.47. The van der Waals surface area contributed by atoms with Gasteiger partial charge < -0.3 is 14.8 Å². The van der Waals surface area contributed by atoms with Crippen LogP contribution in [0, 0.1) is 19.8 Å². The Morgan fingerprint density at radius 3 is 2.63 bits per heavy atom. The first-order chi connectivity index (χ1) is 8.97. The van der Waals surface area contributed by atoms with Gasteiger partial charge in [-0.3, -0.25) is 0 Å². The van der Waals surface area contributed by atoms with E-state index in [0.717, 1.165) is 30.3 Å². The molecule has 5 nitrogen and oxygen atoms in total. The van der Waals surface area contributed by atoms with Crippen LogP contribution < -0.4 is 5.32 Å². The lowest BCUT2D eigenvalue weighted by Crippen LogP contribution is -2.30. The maximum absolute atomic E-state index is 5.63. The summed E-state index contributed by atoms with van der Waals surface area (Å²) in [5.41, 5.74) is 0.983. The highest BCUT2D eigenvalue weighted by molar-refractivity contribution is 5.35. The van der Waals surface area contributed by atoms with Gasteiger partial charge in [0.15, 0.2) is 5.79 Å². The van der Waals surface area contributed by atoms with Crippen LogP contribution in [0.3, 0.4) is 0 Å². The van der Waals surface area contributed by atoms with Gasteiger partial charge in [-0.2, -0.15) is 0 Å². The number of rotatable bonds is 5. The molecule has 1 atom stereocenters. The summed E-state index contributed by atoms with van der Waals surface area (Å²) in [5, 5.41) is 3.36. The number of ether oxygens (including phenoxy) is 2. The maximum Gasteiger partial charge on any atom is 0.166 e. The van der Waals surface area contributed by atoms with Gasteiger partial charge in [0.25, 0.3) is 0 Å². The molecule has 1 unspecified atom stereocenters. The molecule has 5 heteroatoms. The Bertz CT molecular complexity index is 410. The smallest absolute Gasteiger partial charge is 0.166 e. The van der Waals surface area contributed by atoms with Gasteiger partial charge in [0.1, 0.15) is 11.6 Å². The van der Waals surface area contributed by atoms with Crippen molar-refractivity contribution in [1.82, 2.24) is 9.97 Å². The second-order valence-electron chi connectivity index (χ2n) is 5.46. The van der Waals surface area contributed by atoms with Gasteiger partial charge in [0.2, 0.25) is 0 Å². The Kier molecular flexibility index (Phi) is 4.37. The average molecular weight is 265 g/mol. The molecule has 2 heterocycles. The minimum Gasteiger partial charge on any atom is -0.370 e. The van der Waals surface area contributed by atoms with E-state index in [0.29, 0.717) is 19.1 Å². The normalized spacial score (nSPS) is 19.4. The second-order valence-corrected chi connectivity index (χ2v) is 5.46. The van der Waals surface area contributed by atoms with Crippen LogP contribution in [-0.2, 0) is 9.47 Å². The van der Waals surface area contributed by atoms with Crippen molar-refractivity contribution in [2.24, 2.45) is 5.92 Å². The zero-order valence-corrected chi connectivity index (χ0v) is 12.2. The number of aryl methyl sites for hydroxylation is 2. The lowest BCUT2D eigenvalue weighted by molar-refractivity contribution is -0.153. The van der Waals surface area contributed by atoms with E-state index in [2.05, 4.69) is 22.2 Å². The van der Waals surface area contributed by atoms with Crippen LogP contribution in [-0.4, -0.2) is 35.5 Å². The lowest BCUT2D eigenvalue weighted by atomic mass is 10.0. The van der Waals surface area contributed by atoms with Crippen molar-refractivity contribution in [1.29, 1.82) is 0 Å². The molecule has 0 saturated carbocycles. The molecule has 19 heavy (non-hydrogen) atoms. The molecule has 1 aromatic heterocycles. The van der Waals surface area contributed by atoms with E-state index in [-0.39, 0.29) is 0 Å². The second kappa shape index (κ2) is 5.84. The zero-order chi connectivity index (χ0) is 13.9. The monoisotopic (exact) mass is 265 g/mol. The van der Waals surface area contributed by atoms with E-state index in [9.17, 15) is 0 Å². The molecule has 106 valence electrons. The summed E-state index contributed by atoms with van der Waals surface area (Å²) >= 11 is 0. The highest BCUT2D eigenvalue weighted by Crippen LogP contribution is 2.26. The minimum atomic E-state index is -0.418. The van der Waals surface area contributed by atoms with Crippen LogP contribution in [0.1, 0.15) is 31.8 Å². The van der Waals surface area contributed by atoms with Crippen LogP contribution in [0.5, 0.6) is 0 Å². The first-order valence-electron chi connectivity index (χ1n) is 6.81. The molecule has 0 aromatic carbocycles. The van der Waals surface area contributed by atoms with Crippen LogP contribution >= 0.6 is 0 Å². The van der Waals surface area contributed by atoms with Crippen LogP contribution in [0.15, 0.2) is 6.07 Å². The van der Waals surface area contributed by atoms with E-state index in [1.54, 1.807) is 0 Å². The first kappa shape index (κ1) is 14.2. The Balaban J connectivity index is 1.84. The topological polar surface area (TPSA) is 56.3 Å². The van der Waals surface area contributed by atoms with E-state index in [4.69, 9.17) is 9.47 Å². The van der Waals surface area contributed by atoms with Gasteiger partial charge in [-0.1, -0.05) is 6.92 Å². The molecular weight excluding hydrogens is 242 g/mol. The fraction of sp³-hybridized carbons (Fsp3) is 0.714. The van der Waals surface area contributed by atoms with Crippen molar-refractivity contribution < 1.29 is 9.47 Å². The van der Waals surface area contributed by atoms with Crippen molar-refractivity contribution in [3.63, 3.8) is 0 Å². The number of nitrogens with one attached hydrogen (secondary N) is 1. The molecule has 0 spiro atoms. The van der Waals surface area contributed by atoms with E-state index in [1.807, 2.05) is 26.8 Å². The zero-order valence-electron chi connectivity index (χ0n) is 12.2. The predicted octanol–water partition coefficient (Wildman–Crippen LogP) is 2.29. The third-order valence-electron chi connectivity index (χ3n) is 3.22. The summed E-state index contributed by atoms with van der Waals surface area (Å²) in [5.74, 6) is 1.71. The molecule has 1 N–H and O–H groups in total. The lowest BCUT2D eigenvalue weighted by Gasteiger charge is -2.26. The Hall–Kier alpha value is -1.20. The van der Waals surface area contributed by atoms with Crippen molar-refractivity contribution >= 4 is 5.82 Å². The van der Waals surface area contributed by atoms with Crippen LogP contribution in [0.25, 0.3) is 0 Å². The molecule has 0 radical (unpaired) electrons. The average Bonchev–Trinajstić information content (AvgIpc) is 2.72. The molecule has 1 fully saturated rings. The van der Waals surface area contributed by atoms with Gasteiger partial charge in [0, 0.05) is 24.7 Å². The molecule has 0 amide bonds. The van der Waals surface area contributed by atoms with E-state index >= 15 is 0 Å². The Morgan fingerprint density at radius 2 is 2.00 bits per heavy atom. The van der Waals surface area contributed by atoms with Gasteiger partial charge in [0.05, 0.1) is 13.2 Å². The number of hydrogen-bond acceptors (Lipinski definition) is 5. The Morgan fingerprint density at radius 1 is 1.32 bits per heavy atom. The van der Waals surface area contributed by atoms with Crippen LogP contribution in [0.2, 0.25) is 0 Å². The van der Waals surface area contributed by atoms with Gasteiger partial charge >= 0.3 is 0 Å². The molecule has 1 aliphatic heterocycles. The number of hydrogen-bond donors (Lipinski definition) is 1. The van der Waals surface area contributed by atoms with E-state index < -0.39 is 5.79 Å². The third kappa shape index (κ3) is 4.14. The largest absolute Gasteiger partial charge is 0.370 e. The summed E-state index contributed by atoms with van der Waals surface area (Å²) in [6.45, 7) is 10.3. The van der Waals surface area contributed by atoms with E-state index in [1.165, 1.54) is 0 Å². The van der Waals surface area contributed by atoms with Crippen LogP contribution in [0.4, 0.5) is 5.82 Å². The van der Waals surface area contributed by atoms with Crippen molar-refractivity contribution in [2.75, 3.05) is 25.1 Å². The molecule has 1 aliphatic rings. The third-order valence-corrected chi connectivity index (χ3v) is 3.22. The molecule has 1 aromatic rings. The maximum atomic E-state index is 5.63. The minimum absolute atomic E-state index is 0.418. The Labute approximate surface area is 114 Å². The highest BCUT2D eigenvalue weighted by atomic mass is 16.7. The first-order valence-corrected chi connectivity index (χ1v) is 6.81. The number of aromatic nitrogens is 2. The molecule has 0 bridgehead atoms. The SMILES string of the molecule is Cc1cc(NCC(C)CC2(C)OCCO2)nc(C)n1. The number of nitrogens with zero attached hydrogens (tertiary/aromatic N) is 2. The summed E-state index contributed by atoms with van der Waals surface area (Å²) < 4.78 is 11.3. The molecule has 0 aliphatic carbocycles.